The summed E-state index contributed by atoms with van der Waals surface area (Å²) in [6.07, 6.45) is 0.974. The van der Waals surface area contributed by atoms with E-state index in [1.807, 2.05) is 0 Å². The minimum Gasteiger partial charge on any atom is -0.462 e. The van der Waals surface area contributed by atoms with E-state index >= 15 is 0 Å². The van der Waals surface area contributed by atoms with Crippen molar-refractivity contribution in [3.63, 3.8) is 0 Å². The van der Waals surface area contributed by atoms with Crippen LogP contribution in [-0.4, -0.2) is 39.7 Å². The van der Waals surface area contributed by atoms with Crippen LogP contribution >= 0.6 is 23.2 Å². The summed E-state index contributed by atoms with van der Waals surface area (Å²) in [5.74, 6) is -1.12. The van der Waals surface area contributed by atoms with Crippen LogP contribution in [0.1, 0.15) is 22.8 Å². The van der Waals surface area contributed by atoms with Gasteiger partial charge in [0, 0.05) is 15.7 Å². The zero-order chi connectivity index (χ0) is 21.8. The van der Waals surface area contributed by atoms with Crippen LogP contribution in [0.3, 0.4) is 0 Å². The molecule has 2 aromatic carbocycles. The van der Waals surface area contributed by atoms with Crippen LogP contribution in [0.5, 0.6) is 0 Å². The summed E-state index contributed by atoms with van der Waals surface area (Å²) in [4.78, 5) is 24.5. The zero-order valence-electron chi connectivity index (χ0n) is 16.0. The highest BCUT2D eigenvalue weighted by Crippen LogP contribution is 2.27. The number of benzene rings is 2. The summed E-state index contributed by atoms with van der Waals surface area (Å²) >= 11 is 11.9. The minimum absolute atomic E-state index is 0.164. The van der Waals surface area contributed by atoms with E-state index in [9.17, 15) is 18.0 Å². The maximum Gasteiger partial charge on any atom is 0.338 e. The van der Waals surface area contributed by atoms with Crippen LogP contribution in [0.2, 0.25) is 10.0 Å². The monoisotopic (exact) mass is 458 g/mol. The number of nitrogens with zero attached hydrogens (tertiary/aromatic N) is 1. The summed E-state index contributed by atoms with van der Waals surface area (Å²) in [6, 6.07) is 8.97. The molecule has 0 atom stereocenters. The molecule has 0 spiro atoms. The molecule has 0 aliphatic carbocycles. The predicted molar refractivity (Wildman–Crippen MR) is 114 cm³/mol. The first kappa shape index (κ1) is 23.0. The number of hydrogen-bond acceptors (Lipinski definition) is 5. The number of nitrogens with one attached hydrogen (secondary N) is 1. The van der Waals surface area contributed by atoms with Gasteiger partial charge in [-0.1, -0.05) is 29.3 Å². The summed E-state index contributed by atoms with van der Waals surface area (Å²) in [7, 11) is -3.80. The van der Waals surface area contributed by atoms with Crippen molar-refractivity contribution >= 4 is 56.5 Å². The van der Waals surface area contributed by atoms with Crippen molar-refractivity contribution in [1.82, 2.24) is 0 Å². The lowest BCUT2D eigenvalue weighted by Gasteiger charge is -2.22. The summed E-state index contributed by atoms with van der Waals surface area (Å²) in [6.45, 7) is 3.16. The quantitative estimate of drug-likeness (QED) is 0.635. The second-order valence-corrected chi connectivity index (χ2v) is 8.98. The number of sulfonamides is 1. The first-order valence-electron chi connectivity index (χ1n) is 8.52. The Morgan fingerprint density at radius 2 is 1.72 bits per heavy atom. The fourth-order valence-electron chi connectivity index (χ4n) is 2.50. The highest BCUT2D eigenvalue weighted by Gasteiger charge is 2.22. The van der Waals surface area contributed by atoms with Crippen LogP contribution in [0, 0.1) is 6.92 Å². The summed E-state index contributed by atoms with van der Waals surface area (Å²) in [5.41, 5.74) is 1.51. The lowest BCUT2D eigenvalue weighted by Crippen LogP contribution is -2.37. The molecule has 0 radical (unpaired) electrons. The topological polar surface area (TPSA) is 92.8 Å². The second kappa shape index (κ2) is 9.47. The molecular weight excluding hydrogens is 439 g/mol. The Morgan fingerprint density at radius 1 is 1.10 bits per heavy atom. The largest absolute Gasteiger partial charge is 0.462 e. The van der Waals surface area contributed by atoms with Crippen molar-refractivity contribution in [1.29, 1.82) is 0 Å². The number of hydrogen-bond donors (Lipinski definition) is 1. The smallest absolute Gasteiger partial charge is 0.338 e. The van der Waals surface area contributed by atoms with Gasteiger partial charge in [-0.15, -0.1) is 0 Å². The Balaban J connectivity index is 2.27. The van der Waals surface area contributed by atoms with Gasteiger partial charge in [0.2, 0.25) is 15.9 Å². The van der Waals surface area contributed by atoms with Crippen molar-refractivity contribution in [3.8, 4) is 0 Å². The zero-order valence-corrected chi connectivity index (χ0v) is 18.4. The van der Waals surface area contributed by atoms with Gasteiger partial charge in [0.05, 0.1) is 24.1 Å². The molecule has 0 saturated carbocycles. The molecule has 1 amide bonds. The number of carbonyl (C=O) groups is 2. The van der Waals surface area contributed by atoms with Crippen molar-refractivity contribution in [2.45, 2.75) is 13.8 Å². The normalized spacial score (nSPS) is 11.1. The fourth-order valence-corrected chi connectivity index (χ4v) is 3.86. The molecule has 0 aromatic heterocycles. The van der Waals surface area contributed by atoms with Crippen molar-refractivity contribution < 1.29 is 22.7 Å². The number of rotatable bonds is 7. The lowest BCUT2D eigenvalue weighted by molar-refractivity contribution is -0.114. The van der Waals surface area contributed by atoms with Crippen molar-refractivity contribution in [3.05, 3.63) is 57.6 Å². The second-order valence-electron chi connectivity index (χ2n) is 6.20. The maximum absolute atomic E-state index is 12.6. The predicted octanol–water partition coefficient (Wildman–Crippen LogP) is 3.88. The number of carbonyl (C=O) groups excluding carboxylic acids is 2. The molecule has 156 valence electrons. The molecule has 2 rings (SSSR count). The van der Waals surface area contributed by atoms with E-state index in [-0.39, 0.29) is 27.9 Å². The maximum atomic E-state index is 12.6. The van der Waals surface area contributed by atoms with E-state index in [2.05, 4.69) is 5.32 Å². The van der Waals surface area contributed by atoms with Crippen LogP contribution in [0.4, 0.5) is 11.4 Å². The molecule has 0 unspecified atom stereocenters. The highest BCUT2D eigenvalue weighted by molar-refractivity contribution is 7.92. The SMILES string of the molecule is CCOC(=O)c1ccc(C)c(NC(=O)CN(c2cc(Cl)cc(Cl)c2)S(C)(=O)=O)c1. The van der Waals surface area contributed by atoms with E-state index in [0.29, 0.717) is 11.3 Å². The molecule has 2 aromatic rings. The average Bonchev–Trinajstić information content (AvgIpc) is 2.60. The third-order valence-corrected chi connectivity index (χ3v) is 5.42. The van der Waals surface area contributed by atoms with Crippen molar-refractivity contribution in [2.75, 3.05) is 29.0 Å². The molecular formula is C19H20Cl2N2O5S. The molecule has 29 heavy (non-hydrogen) atoms. The van der Waals surface area contributed by atoms with Gasteiger partial charge in [0.25, 0.3) is 0 Å². The van der Waals surface area contributed by atoms with Gasteiger partial charge < -0.3 is 10.1 Å². The summed E-state index contributed by atoms with van der Waals surface area (Å²) in [5, 5.41) is 3.10. The molecule has 7 nitrogen and oxygen atoms in total. The first-order chi connectivity index (χ1) is 13.5. The Bertz CT molecular complexity index is 1020. The molecule has 1 N–H and O–H groups in total. The Morgan fingerprint density at radius 3 is 2.28 bits per heavy atom. The van der Waals surface area contributed by atoms with Crippen LogP contribution in [0.25, 0.3) is 0 Å². The van der Waals surface area contributed by atoms with Gasteiger partial charge in [0.15, 0.2) is 0 Å². The van der Waals surface area contributed by atoms with Gasteiger partial charge in [-0.05, 0) is 49.7 Å². The molecule has 10 heteroatoms. The van der Waals surface area contributed by atoms with Gasteiger partial charge >= 0.3 is 5.97 Å². The van der Waals surface area contributed by atoms with E-state index in [0.717, 1.165) is 10.6 Å². The van der Waals surface area contributed by atoms with E-state index < -0.39 is 28.4 Å². The Labute approximate surface area is 179 Å². The van der Waals surface area contributed by atoms with Crippen LogP contribution in [-0.2, 0) is 19.6 Å². The number of ether oxygens (including phenoxy) is 1. The molecule has 0 bridgehead atoms. The Hall–Kier alpha value is -2.29. The van der Waals surface area contributed by atoms with E-state index in [4.69, 9.17) is 27.9 Å². The third kappa shape index (κ3) is 6.35. The number of esters is 1. The lowest BCUT2D eigenvalue weighted by atomic mass is 10.1. The van der Waals surface area contributed by atoms with Gasteiger partial charge in [-0.25, -0.2) is 13.2 Å². The first-order valence-corrected chi connectivity index (χ1v) is 11.1. The van der Waals surface area contributed by atoms with Gasteiger partial charge in [0.1, 0.15) is 6.54 Å². The fraction of sp³-hybridized carbons (Fsp3) is 0.263. The Kier molecular flexibility index (Phi) is 7.51. The van der Waals surface area contributed by atoms with E-state index in [1.165, 1.54) is 24.3 Å². The third-order valence-electron chi connectivity index (χ3n) is 3.85. The number of anilines is 2. The minimum atomic E-state index is -3.80. The van der Waals surface area contributed by atoms with Crippen LogP contribution < -0.4 is 9.62 Å². The molecule has 0 fully saturated rings. The summed E-state index contributed by atoms with van der Waals surface area (Å²) < 4.78 is 30.3. The number of aryl methyl sites for hydroxylation is 1. The average molecular weight is 459 g/mol. The molecule has 0 aliphatic rings. The van der Waals surface area contributed by atoms with Crippen LogP contribution in [0.15, 0.2) is 36.4 Å². The standard InChI is InChI=1S/C19H20Cl2N2O5S/c1-4-28-19(25)13-6-5-12(2)17(7-13)22-18(24)11-23(29(3,26)27)16-9-14(20)8-15(21)10-16/h5-10H,4,11H2,1-3H3,(H,22,24). The molecule has 0 aliphatic heterocycles. The van der Waals surface area contributed by atoms with Gasteiger partial charge in [-0.3, -0.25) is 9.10 Å². The highest BCUT2D eigenvalue weighted by atomic mass is 35.5. The van der Waals surface area contributed by atoms with Gasteiger partial charge in [-0.2, -0.15) is 0 Å². The number of amides is 1. The van der Waals surface area contributed by atoms with Crippen molar-refractivity contribution in [2.24, 2.45) is 0 Å². The van der Waals surface area contributed by atoms with E-state index in [1.54, 1.807) is 26.0 Å². The molecule has 0 heterocycles. The molecule has 0 saturated heterocycles. The number of halogens is 2.